The summed E-state index contributed by atoms with van der Waals surface area (Å²) in [4.78, 5) is 13.3. The number of carbonyl (C=O) groups excluding carboxylic acids is 1. The smallest absolute Gasteiger partial charge is 0.202 e. The zero-order valence-corrected chi connectivity index (χ0v) is 12.2. The third-order valence-corrected chi connectivity index (χ3v) is 4.33. The van der Waals surface area contributed by atoms with E-state index in [0.29, 0.717) is 0 Å². The number of benzene rings is 2. The van der Waals surface area contributed by atoms with Gasteiger partial charge in [-0.25, -0.2) is 0 Å². The topological polar surface area (TPSA) is 26.3 Å². The first kappa shape index (κ1) is 12.9. The molecule has 1 heterocycles. The van der Waals surface area contributed by atoms with Gasteiger partial charge >= 0.3 is 0 Å². The number of carbonyl (C=O) groups is 1. The summed E-state index contributed by atoms with van der Waals surface area (Å²) in [5, 5.41) is 1.08. The second-order valence-electron chi connectivity index (χ2n) is 4.71. The van der Waals surface area contributed by atoms with Crippen molar-refractivity contribution in [3.63, 3.8) is 0 Å². The Morgan fingerprint density at radius 2 is 1.95 bits per heavy atom. The number of hydrogen-bond donors (Lipinski definition) is 0. The van der Waals surface area contributed by atoms with Crippen LogP contribution < -0.4 is 4.74 Å². The van der Waals surface area contributed by atoms with E-state index in [2.05, 4.69) is 0 Å². The molecule has 0 fully saturated rings. The van der Waals surface area contributed by atoms with E-state index in [9.17, 15) is 4.79 Å². The second-order valence-corrected chi connectivity index (χ2v) is 5.80. The molecule has 0 aliphatic rings. The molecule has 0 amide bonds. The van der Waals surface area contributed by atoms with Crippen molar-refractivity contribution in [2.24, 2.45) is 0 Å². The molecule has 1 aromatic heterocycles. The molecule has 3 aromatic rings. The molecule has 0 unspecified atom stereocenters. The highest BCUT2D eigenvalue weighted by Gasteiger charge is 2.13. The van der Waals surface area contributed by atoms with Crippen molar-refractivity contribution in [1.29, 1.82) is 0 Å². The monoisotopic (exact) mass is 282 g/mol. The van der Waals surface area contributed by atoms with Gasteiger partial charge in [0.05, 0.1) is 12.0 Å². The Balaban J connectivity index is 2.03. The maximum Gasteiger partial charge on any atom is 0.202 e. The Hall–Kier alpha value is -2.13. The number of hydrogen-bond acceptors (Lipinski definition) is 3. The van der Waals surface area contributed by atoms with Gasteiger partial charge in [-0.2, -0.15) is 0 Å². The lowest BCUT2D eigenvalue weighted by Gasteiger charge is -1.99. The summed E-state index contributed by atoms with van der Waals surface area (Å²) >= 11 is 1.51. The first-order chi connectivity index (χ1) is 9.67. The Morgan fingerprint density at radius 3 is 2.70 bits per heavy atom. The van der Waals surface area contributed by atoms with E-state index >= 15 is 0 Å². The molecule has 0 aliphatic carbocycles. The Labute approximate surface area is 121 Å². The largest absolute Gasteiger partial charge is 0.497 e. The van der Waals surface area contributed by atoms with Crippen LogP contribution in [-0.4, -0.2) is 12.9 Å². The summed E-state index contributed by atoms with van der Waals surface area (Å²) in [5.74, 6) is 0.891. The van der Waals surface area contributed by atoms with Crippen molar-refractivity contribution in [1.82, 2.24) is 0 Å². The first-order valence-corrected chi connectivity index (χ1v) is 7.18. The quantitative estimate of drug-likeness (QED) is 0.663. The lowest BCUT2D eigenvalue weighted by molar-refractivity contribution is 0.104. The normalized spacial score (nSPS) is 10.7. The molecule has 3 rings (SSSR count). The standard InChI is InChI=1S/C17H14O2S/c1-11-4-3-5-13(8-11)17(18)16-9-12-6-7-14(19-2)10-15(12)20-16/h3-10H,1-2H3. The predicted octanol–water partition coefficient (Wildman–Crippen LogP) is 4.45. The van der Waals surface area contributed by atoms with E-state index in [1.165, 1.54) is 11.3 Å². The van der Waals surface area contributed by atoms with Crippen molar-refractivity contribution < 1.29 is 9.53 Å². The summed E-state index contributed by atoms with van der Waals surface area (Å²) in [5.41, 5.74) is 1.84. The van der Waals surface area contributed by atoms with Gasteiger partial charge in [0.15, 0.2) is 0 Å². The summed E-state index contributed by atoms with van der Waals surface area (Å²) < 4.78 is 6.28. The number of fused-ring (bicyclic) bond motifs is 1. The third-order valence-electron chi connectivity index (χ3n) is 3.23. The van der Waals surface area contributed by atoms with E-state index in [4.69, 9.17) is 4.74 Å². The molecule has 0 bridgehead atoms. The minimum absolute atomic E-state index is 0.0777. The summed E-state index contributed by atoms with van der Waals surface area (Å²) in [6, 6.07) is 15.5. The Bertz CT molecular complexity index is 787. The zero-order valence-electron chi connectivity index (χ0n) is 11.3. The molecular weight excluding hydrogens is 268 g/mol. The van der Waals surface area contributed by atoms with Crippen molar-refractivity contribution in [2.45, 2.75) is 6.92 Å². The van der Waals surface area contributed by atoms with Gasteiger partial charge in [0.1, 0.15) is 5.75 Å². The fourth-order valence-electron chi connectivity index (χ4n) is 2.18. The number of ketones is 1. The molecule has 0 radical (unpaired) electrons. The maximum atomic E-state index is 12.5. The van der Waals surface area contributed by atoms with Crippen LogP contribution in [0.1, 0.15) is 20.8 Å². The molecule has 0 saturated carbocycles. The molecule has 0 spiro atoms. The van der Waals surface area contributed by atoms with Gasteiger partial charge in [0.25, 0.3) is 0 Å². The van der Waals surface area contributed by atoms with Crippen LogP contribution in [0.25, 0.3) is 10.1 Å². The summed E-state index contributed by atoms with van der Waals surface area (Å²) in [7, 11) is 1.65. The van der Waals surface area contributed by atoms with Crippen LogP contribution in [0.5, 0.6) is 5.75 Å². The maximum absolute atomic E-state index is 12.5. The highest BCUT2D eigenvalue weighted by atomic mass is 32.1. The predicted molar refractivity (Wildman–Crippen MR) is 83.0 cm³/mol. The fourth-order valence-corrected chi connectivity index (χ4v) is 3.23. The van der Waals surface area contributed by atoms with Crippen LogP contribution in [0.4, 0.5) is 0 Å². The van der Waals surface area contributed by atoms with Gasteiger partial charge in [-0.1, -0.05) is 23.8 Å². The van der Waals surface area contributed by atoms with Crippen LogP contribution in [0.3, 0.4) is 0 Å². The van der Waals surface area contributed by atoms with Gasteiger partial charge in [0, 0.05) is 10.3 Å². The van der Waals surface area contributed by atoms with Gasteiger partial charge in [-0.3, -0.25) is 4.79 Å². The van der Waals surface area contributed by atoms with Gasteiger partial charge in [-0.05, 0) is 42.6 Å². The van der Waals surface area contributed by atoms with Crippen LogP contribution in [0.15, 0.2) is 48.5 Å². The number of rotatable bonds is 3. The van der Waals surface area contributed by atoms with E-state index in [-0.39, 0.29) is 5.78 Å². The van der Waals surface area contributed by atoms with Crippen molar-refractivity contribution >= 4 is 27.2 Å². The lowest BCUT2D eigenvalue weighted by atomic mass is 10.1. The highest BCUT2D eigenvalue weighted by Crippen LogP contribution is 2.30. The lowest BCUT2D eigenvalue weighted by Crippen LogP contribution is -1.98. The molecule has 2 aromatic carbocycles. The van der Waals surface area contributed by atoms with E-state index in [1.807, 2.05) is 55.5 Å². The minimum Gasteiger partial charge on any atom is -0.497 e. The molecule has 0 aliphatic heterocycles. The number of aryl methyl sites for hydroxylation is 1. The van der Waals surface area contributed by atoms with E-state index < -0.39 is 0 Å². The summed E-state index contributed by atoms with van der Waals surface area (Å²) in [6.07, 6.45) is 0. The average Bonchev–Trinajstić information content (AvgIpc) is 2.89. The molecule has 100 valence electrons. The molecule has 2 nitrogen and oxygen atoms in total. The van der Waals surface area contributed by atoms with Gasteiger partial charge in [0.2, 0.25) is 5.78 Å². The van der Waals surface area contributed by atoms with Crippen LogP contribution in [0, 0.1) is 6.92 Å². The molecule has 0 saturated heterocycles. The molecular formula is C17H14O2S. The number of ether oxygens (including phenoxy) is 1. The summed E-state index contributed by atoms with van der Waals surface area (Å²) in [6.45, 7) is 1.99. The van der Waals surface area contributed by atoms with Gasteiger partial charge < -0.3 is 4.74 Å². The van der Waals surface area contributed by atoms with Gasteiger partial charge in [-0.15, -0.1) is 11.3 Å². The average molecular weight is 282 g/mol. The van der Waals surface area contributed by atoms with Crippen LogP contribution >= 0.6 is 11.3 Å². The van der Waals surface area contributed by atoms with E-state index in [0.717, 1.165) is 31.8 Å². The SMILES string of the molecule is COc1ccc2cc(C(=O)c3cccc(C)c3)sc2c1. The number of methoxy groups -OCH3 is 1. The first-order valence-electron chi connectivity index (χ1n) is 6.36. The Morgan fingerprint density at radius 1 is 1.10 bits per heavy atom. The number of thiophene rings is 1. The molecule has 0 N–H and O–H groups in total. The highest BCUT2D eigenvalue weighted by molar-refractivity contribution is 7.21. The second kappa shape index (κ2) is 5.10. The van der Waals surface area contributed by atoms with Crippen LogP contribution in [0.2, 0.25) is 0 Å². The van der Waals surface area contributed by atoms with E-state index in [1.54, 1.807) is 7.11 Å². The fraction of sp³-hybridized carbons (Fsp3) is 0.118. The minimum atomic E-state index is 0.0777. The zero-order chi connectivity index (χ0) is 14.1. The molecule has 0 atom stereocenters. The third kappa shape index (κ3) is 2.32. The van der Waals surface area contributed by atoms with Crippen LogP contribution in [-0.2, 0) is 0 Å². The van der Waals surface area contributed by atoms with Crippen molar-refractivity contribution in [3.05, 3.63) is 64.5 Å². The Kier molecular flexibility index (Phi) is 3.28. The molecule has 20 heavy (non-hydrogen) atoms. The molecule has 3 heteroatoms. The van der Waals surface area contributed by atoms with Crippen molar-refractivity contribution in [3.8, 4) is 5.75 Å². The van der Waals surface area contributed by atoms with Crippen molar-refractivity contribution in [2.75, 3.05) is 7.11 Å².